The van der Waals surface area contributed by atoms with E-state index in [9.17, 15) is 4.79 Å². The topological polar surface area (TPSA) is 106 Å². The minimum atomic E-state index is -0.252. The van der Waals surface area contributed by atoms with E-state index in [0.717, 1.165) is 16.8 Å². The summed E-state index contributed by atoms with van der Waals surface area (Å²) >= 11 is 0. The third kappa shape index (κ3) is 4.51. The van der Waals surface area contributed by atoms with Crippen LogP contribution in [0.3, 0.4) is 0 Å². The average Bonchev–Trinajstić information content (AvgIpc) is 3.22. The Morgan fingerprint density at radius 1 is 1.06 bits per heavy atom. The number of para-hydroxylation sites is 1. The fourth-order valence-electron chi connectivity index (χ4n) is 3.20. The molecule has 0 bridgehead atoms. The number of aromatic nitrogens is 4. The fraction of sp³-hybridized carbons (Fsp3) is 0.130. The summed E-state index contributed by atoms with van der Waals surface area (Å²) in [6.45, 7) is 1.74. The van der Waals surface area contributed by atoms with E-state index in [1.165, 1.54) is 6.07 Å². The highest BCUT2D eigenvalue weighted by Gasteiger charge is 2.14. The molecule has 162 valence electrons. The lowest BCUT2D eigenvalue weighted by molar-refractivity contribution is 0.355. The van der Waals surface area contributed by atoms with Crippen molar-refractivity contribution in [3.05, 3.63) is 82.4 Å². The van der Waals surface area contributed by atoms with Gasteiger partial charge < -0.3 is 9.47 Å². The molecule has 0 saturated carbocycles. The minimum absolute atomic E-state index is 0.252. The van der Waals surface area contributed by atoms with Gasteiger partial charge in [0.2, 0.25) is 5.95 Å². The zero-order valence-electron chi connectivity index (χ0n) is 17.9. The van der Waals surface area contributed by atoms with Crippen LogP contribution >= 0.6 is 0 Å². The molecule has 0 aliphatic carbocycles. The number of hydrogen-bond acceptors (Lipinski definition) is 7. The van der Waals surface area contributed by atoms with Crippen LogP contribution in [0.2, 0.25) is 0 Å². The number of nitrogens with zero attached hydrogens (tertiary/aromatic N) is 4. The van der Waals surface area contributed by atoms with Gasteiger partial charge in [-0.1, -0.05) is 18.2 Å². The Kier molecular flexibility index (Phi) is 5.98. The highest BCUT2D eigenvalue weighted by atomic mass is 16.5. The number of hydrogen-bond donors (Lipinski definition) is 2. The van der Waals surface area contributed by atoms with E-state index in [2.05, 4.69) is 20.5 Å². The number of benzene rings is 2. The van der Waals surface area contributed by atoms with Gasteiger partial charge in [-0.3, -0.25) is 9.78 Å². The molecule has 0 amide bonds. The molecule has 4 aromatic rings. The van der Waals surface area contributed by atoms with E-state index >= 15 is 0 Å². The van der Waals surface area contributed by atoms with Crippen molar-refractivity contribution >= 4 is 12.2 Å². The Morgan fingerprint density at radius 2 is 1.84 bits per heavy atom. The van der Waals surface area contributed by atoms with Gasteiger partial charge in [-0.15, -0.1) is 0 Å². The molecule has 32 heavy (non-hydrogen) atoms. The van der Waals surface area contributed by atoms with Crippen molar-refractivity contribution in [2.24, 2.45) is 5.10 Å². The number of nitrogens with one attached hydrogen (secondary N) is 2. The van der Waals surface area contributed by atoms with Crippen molar-refractivity contribution < 1.29 is 9.47 Å². The molecule has 0 aliphatic heterocycles. The molecule has 0 aliphatic rings. The van der Waals surface area contributed by atoms with Crippen LogP contribution in [0.25, 0.3) is 16.9 Å². The summed E-state index contributed by atoms with van der Waals surface area (Å²) in [7, 11) is 3.18. The number of H-pyrrole nitrogens is 1. The van der Waals surface area contributed by atoms with Crippen molar-refractivity contribution in [2.75, 3.05) is 19.6 Å². The minimum Gasteiger partial charge on any atom is -0.493 e. The van der Waals surface area contributed by atoms with E-state index in [1.54, 1.807) is 32.0 Å². The van der Waals surface area contributed by atoms with E-state index in [0.29, 0.717) is 22.9 Å². The molecular formula is C23H22N6O3. The maximum atomic E-state index is 11.6. The van der Waals surface area contributed by atoms with Crippen LogP contribution < -0.4 is 20.5 Å². The first-order chi connectivity index (χ1) is 15.6. The molecule has 0 atom stereocenters. The third-order valence-electron chi connectivity index (χ3n) is 4.66. The molecule has 0 spiro atoms. The Labute approximate surface area is 184 Å². The zero-order valence-corrected chi connectivity index (χ0v) is 17.9. The van der Waals surface area contributed by atoms with Gasteiger partial charge in [-0.2, -0.15) is 10.2 Å². The maximum Gasteiger partial charge on any atom is 0.252 e. The Hall–Kier alpha value is -4.40. The molecule has 2 N–H and O–H groups in total. The molecular weight excluding hydrogens is 408 g/mol. The summed E-state index contributed by atoms with van der Waals surface area (Å²) < 4.78 is 12.6. The number of hydrazone groups is 1. The second kappa shape index (κ2) is 9.17. The quantitative estimate of drug-likeness (QED) is 0.344. The first-order valence-corrected chi connectivity index (χ1v) is 9.82. The first-order valence-electron chi connectivity index (χ1n) is 9.82. The van der Waals surface area contributed by atoms with Crippen LogP contribution in [0.1, 0.15) is 11.3 Å². The number of rotatable bonds is 7. The van der Waals surface area contributed by atoms with Crippen LogP contribution in [-0.2, 0) is 0 Å². The summed E-state index contributed by atoms with van der Waals surface area (Å²) in [5.41, 5.74) is 6.30. The lowest BCUT2D eigenvalue weighted by atomic mass is 10.1. The summed E-state index contributed by atoms with van der Waals surface area (Å²) in [4.78, 5) is 18.4. The second-order valence-corrected chi connectivity index (χ2v) is 6.89. The van der Waals surface area contributed by atoms with E-state index in [-0.39, 0.29) is 11.5 Å². The first kappa shape index (κ1) is 20.9. The predicted molar refractivity (Wildman–Crippen MR) is 123 cm³/mol. The lowest BCUT2D eigenvalue weighted by Gasteiger charge is -2.09. The number of ether oxygens (including phenoxy) is 2. The molecule has 2 heterocycles. The average molecular weight is 430 g/mol. The molecule has 0 fully saturated rings. The van der Waals surface area contributed by atoms with Crippen molar-refractivity contribution in [2.45, 2.75) is 6.92 Å². The van der Waals surface area contributed by atoms with Crippen LogP contribution in [0, 0.1) is 6.92 Å². The van der Waals surface area contributed by atoms with Crippen molar-refractivity contribution in [3.8, 4) is 28.4 Å². The second-order valence-electron chi connectivity index (χ2n) is 6.89. The standard InChI is InChI=1S/C23H22N6O3/c1-15-11-21(30)26-23(25-15)27-24-13-17-14-29(18-7-5-4-6-8-18)28-22(17)16-9-10-19(31-2)20(12-16)32-3/h4-14H,1-3H3,(H2,25,26,27,30)/b24-13-. The van der Waals surface area contributed by atoms with Gasteiger partial charge in [0.05, 0.1) is 26.1 Å². The van der Waals surface area contributed by atoms with E-state index in [4.69, 9.17) is 14.6 Å². The summed E-state index contributed by atoms with van der Waals surface area (Å²) in [5.74, 6) is 1.49. The summed E-state index contributed by atoms with van der Waals surface area (Å²) in [6, 6.07) is 16.8. The smallest absolute Gasteiger partial charge is 0.252 e. The summed E-state index contributed by atoms with van der Waals surface area (Å²) in [6.07, 6.45) is 3.50. The van der Waals surface area contributed by atoms with Gasteiger partial charge in [0.1, 0.15) is 5.69 Å². The highest BCUT2D eigenvalue weighted by molar-refractivity contribution is 5.89. The number of methoxy groups -OCH3 is 2. The van der Waals surface area contributed by atoms with Crippen LogP contribution in [0.5, 0.6) is 11.5 Å². The van der Waals surface area contributed by atoms with Crippen molar-refractivity contribution in [3.63, 3.8) is 0 Å². The monoisotopic (exact) mass is 430 g/mol. The molecule has 4 rings (SSSR count). The number of aryl methyl sites for hydroxylation is 1. The maximum absolute atomic E-state index is 11.6. The van der Waals surface area contributed by atoms with Crippen LogP contribution in [0.15, 0.2) is 70.7 Å². The van der Waals surface area contributed by atoms with Gasteiger partial charge in [0.25, 0.3) is 5.56 Å². The Morgan fingerprint density at radius 3 is 2.56 bits per heavy atom. The molecule has 0 saturated heterocycles. The van der Waals surface area contributed by atoms with E-state index in [1.807, 2.05) is 54.7 Å². The molecule has 9 nitrogen and oxygen atoms in total. The van der Waals surface area contributed by atoms with Gasteiger partial charge >= 0.3 is 0 Å². The third-order valence-corrected chi connectivity index (χ3v) is 4.66. The number of aromatic amines is 1. The number of anilines is 1. The van der Waals surface area contributed by atoms with Gasteiger partial charge in [-0.25, -0.2) is 15.1 Å². The highest BCUT2D eigenvalue weighted by Crippen LogP contribution is 2.33. The SMILES string of the molecule is COc1ccc(-c2nn(-c3ccccc3)cc2/C=N\Nc2nc(C)cc(=O)[nH]2)cc1OC. The lowest BCUT2D eigenvalue weighted by Crippen LogP contribution is -2.10. The van der Waals surface area contributed by atoms with Crippen LogP contribution in [0.4, 0.5) is 5.95 Å². The molecule has 0 radical (unpaired) electrons. The van der Waals surface area contributed by atoms with Gasteiger partial charge in [0, 0.05) is 29.1 Å². The Bertz CT molecular complexity index is 1310. The molecule has 2 aromatic heterocycles. The fourth-order valence-corrected chi connectivity index (χ4v) is 3.20. The van der Waals surface area contributed by atoms with Crippen molar-refractivity contribution in [1.82, 2.24) is 19.7 Å². The van der Waals surface area contributed by atoms with Crippen LogP contribution in [-0.4, -0.2) is 40.2 Å². The van der Waals surface area contributed by atoms with Gasteiger partial charge in [-0.05, 0) is 37.3 Å². The zero-order chi connectivity index (χ0) is 22.5. The summed E-state index contributed by atoms with van der Waals surface area (Å²) in [5, 5.41) is 9.01. The molecule has 9 heteroatoms. The molecule has 0 unspecified atom stereocenters. The predicted octanol–water partition coefficient (Wildman–Crippen LogP) is 3.39. The Balaban J connectivity index is 1.73. The molecule has 2 aromatic carbocycles. The van der Waals surface area contributed by atoms with Crippen molar-refractivity contribution in [1.29, 1.82) is 0 Å². The van der Waals surface area contributed by atoms with E-state index < -0.39 is 0 Å². The normalized spacial score (nSPS) is 11.0. The largest absolute Gasteiger partial charge is 0.493 e. The van der Waals surface area contributed by atoms with Gasteiger partial charge in [0.15, 0.2) is 11.5 Å².